The molecule has 5 heteroatoms. The number of benzene rings is 2. The molecule has 0 aliphatic carbocycles. The molecule has 118 valence electrons. The highest BCUT2D eigenvalue weighted by Gasteiger charge is 2.14. The molecule has 0 atom stereocenters. The maximum Gasteiger partial charge on any atom is 0.190 e. The lowest BCUT2D eigenvalue weighted by Crippen LogP contribution is -2.03. The molecule has 0 N–H and O–H groups in total. The number of aromatic nitrogens is 3. The molecule has 0 saturated heterocycles. The van der Waals surface area contributed by atoms with Crippen LogP contribution in [0, 0.1) is 11.3 Å². The SMILES string of the molecule is CCOc1ccccc1-n1nnc(C#N)c1/C=C/c1ccccc1. The molecular weight excluding hydrogens is 300 g/mol. The summed E-state index contributed by atoms with van der Waals surface area (Å²) in [6, 6.07) is 19.5. The standard InChI is InChI=1S/C19H16N4O/c1-2-24-19-11-7-6-10-18(19)23-17(16(14-20)21-22-23)13-12-15-8-4-3-5-9-15/h3-13H,2H2,1H3/b13-12+. The normalized spacial score (nSPS) is 10.7. The minimum absolute atomic E-state index is 0.272. The molecular formula is C19H16N4O. The highest BCUT2D eigenvalue weighted by Crippen LogP contribution is 2.24. The number of ether oxygens (including phenoxy) is 1. The van der Waals surface area contributed by atoms with Crippen molar-refractivity contribution in [1.82, 2.24) is 15.0 Å². The summed E-state index contributed by atoms with van der Waals surface area (Å²) in [7, 11) is 0. The highest BCUT2D eigenvalue weighted by atomic mass is 16.5. The van der Waals surface area contributed by atoms with Gasteiger partial charge in [0.25, 0.3) is 0 Å². The fourth-order valence-corrected chi connectivity index (χ4v) is 2.35. The summed E-state index contributed by atoms with van der Waals surface area (Å²) in [5, 5.41) is 17.4. The first-order chi connectivity index (χ1) is 11.8. The van der Waals surface area contributed by atoms with Gasteiger partial charge < -0.3 is 4.74 Å². The Morgan fingerprint density at radius 3 is 2.58 bits per heavy atom. The van der Waals surface area contributed by atoms with Gasteiger partial charge in [0.2, 0.25) is 0 Å². The Hall–Kier alpha value is -3.39. The Kier molecular flexibility index (Phi) is 4.68. The van der Waals surface area contributed by atoms with Crippen LogP contribution in [-0.4, -0.2) is 21.6 Å². The van der Waals surface area contributed by atoms with Crippen LogP contribution in [0.1, 0.15) is 23.9 Å². The Morgan fingerprint density at radius 2 is 1.83 bits per heavy atom. The fraction of sp³-hybridized carbons (Fsp3) is 0.105. The Morgan fingerprint density at radius 1 is 1.08 bits per heavy atom. The third kappa shape index (κ3) is 3.18. The van der Waals surface area contributed by atoms with Gasteiger partial charge in [0.05, 0.1) is 6.61 Å². The number of para-hydroxylation sites is 2. The number of hydrogen-bond acceptors (Lipinski definition) is 4. The second-order valence-corrected chi connectivity index (χ2v) is 4.99. The zero-order valence-electron chi connectivity index (χ0n) is 13.3. The molecule has 24 heavy (non-hydrogen) atoms. The Bertz CT molecular complexity index is 891. The van der Waals surface area contributed by atoms with Gasteiger partial charge in [-0.15, -0.1) is 5.10 Å². The molecule has 0 aliphatic heterocycles. The van der Waals surface area contributed by atoms with E-state index in [2.05, 4.69) is 16.4 Å². The van der Waals surface area contributed by atoms with E-state index in [1.54, 1.807) is 4.68 Å². The van der Waals surface area contributed by atoms with Crippen molar-refractivity contribution in [3.63, 3.8) is 0 Å². The third-order valence-corrected chi connectivity index (χ3v) is 3.44. The third-order valence-electron chi connectivity index (χ3n) is 3.44. The van der Waals surface area contributed by atoms with Crippen molar-refractivity contribution in [2.24, 2.45) is 0 Å². The molecule has 0 amide bonds. The number of hydrogen-bond donors (Lipinski definition) is 0. The van der Waals surface area contributed by atoms with Crippen LogP contribution in [0.5, 0.6) is 5.75 Å². The topological polar surface area (TPSA) is 63.7 Å². The summed E-state index contributed by atoms with van der Waals surface area (Å²) in [5.74, 6) is 0.698. The number of nitriles is 1. The van der Waals surface area contributed by atoms with Gasteiger partial charge in [-0.1, -0.05) is 53.8 Å². The molecule has 0 aliphatic rings. The van der Waals surface area contributed by atoms with E-state index in [9.17, 15) is 5.26 Å². The van der Waals surface area contributed by atoms with E-state index >= 15 is 0 Å². The minimum Gasteiger partial charge on any atom is -0.492 e. The first-order valence-electron chi connectivity index (χ1n) is 7.64. The van der Waals surface area contributed by atoms with Crippen LogP contribution in [0.2, 0.25) is 0 Å². The van der Waals surface area contributed by atoms with Crippen molar-refractivity contribution in [2.75, 3.05) is 6.61 Å². The maximum absolute atomic E-state index is 9.32. The lowest BCUT2D eigenvalue weighted by Gasteiger charge is -2.10. The summed E-state index contributed by atoms with van der Waals surface area (Å²) in [6.07, 6.45) is 3.77. The van der Waals surface area contributed by atoms with E-state index in [0.717, 1.165) is 11.3 Å². The molecule has 3 aromatic rings. The van der Waals surface area contributed by atoms with E-state index in [1.165, 1.54) is 0 Å². The van der Waals surface area contributed by atoms with Crippen LogP contribution in [0.3, 0.4) is 0 Å². The lowest BCUT2D eigenvalue weighted by molar-refractivity contribution is 0.338. The first-order valence-corrected chi connectivity index (χ1v) is 7.64. The fourth-order valence-electron chi connectivity index (χ4n) is 2.35. The summed E-state index contributed by atoms with van der Waals surface area (Å²) in [6.45, 7) is 2.47. The van der Waals surface area contributed by atoms with Gasteiger partial charge in [-0.25, -0.2) is 4.68 Å². The zero-order valence-corrected chi connectivity index (χ0v) is 13.3. The molecule has 0 unspecified atom stereocenters. The van der Waals surface area contributed by atoms with Crippen LogP contribution in [-0.2, 0) is 0 Å². The van der Waals surface area contributed by atoms with E-state index in [1.807, 2.05) is 73.7 Å². The largest absolute Gasteiger partial charge is 0.492 e. The minimum atomic E-state index is 0.272. The maximum atomic E-state index is 9.32. The van der Waals surface area contributed by atoms with Crippen molar-refractivity contribution >= 4 is 12.2 Å². The van der Waals surface area contributed by atoms with Gasteiger partial charge in [-0.05, 0) is 30.7 Å². The monoisotopic (exact) mass is 316 g/mol. The van der Waals surface area contributed by atoms with Gasteiger partial charge in [0.15, 0.2) is 5.69 Å². The molecule has 0 radical (unpaired) electrons. The first kappa shape index (κ1) is 15.5. The van der Waals surface area contributed by atoms with Crippen LogP contribution < -0.4 is 4.74 Å². The summed E-state index contributed by atoms with van der Waals surface area (Å²) in [5.41, 5.74) is 2.68. The molecule has 1 aromatic heterocycles. The molecule has 1 heterocycles. The van der Waals surface area contributed by atoms with E-state index in [-0.39, 0.29) is 5.69 Å². The van der Waals surface area contributed by atoms with Gasteiger partial charge in [0, 0.05) is 0 Å². The van der Waals surface area contributed by atoms with Crippen LogP contribution in [0.25, 0.3) is 17.8 Å². The average molecular weight is 316 g/mol. The van der Waals surface area contributed by atoms with Crippen molar-refractivity contribution in [3.8, 4) is 17.5 Å². The molecule has 0 fully saturated rings. The number of nitrogens with zero attached hydrogens (tertiary/aromatic N) is 4. The predicted octanol–water partition coefficient (Wildman–Crippen LogP) is 3.71. The average Bonchev–Trinajstić information content (AvgIpc) is 3.04. The van der Waals surface area contributed by atoms with Crippen LogP contribution in [0.15, 0.2) is 54.6 Å². The second kappa shape index (κ2) is 7.25. The van der Waals surface area contributed by atoms with Crippen molar-refractivity contribution in [1.29, 1.82) is 5.26 Å². The molecule has 2 aromatic carbocycles. The van der Waals surface area contributed by atoms with Gasteiger partial charge in [-0.3, -0.25) is 0 Å². The van der Waals surface area contributed by atoms with Crippen LogP contribution in [0.4, 0.5) is 0 Å². The predicted molar refractivity (Wildman–Crippen MR) is 92.6 cm³/mol. The van der Waals surface area contributed by atoms with Crippen molar-refractivity contribution in [3.05, 3.63) is 71.5 Å². The molecule has 0 bridgehead atoms. The van der Waals surface area contributed by atoms with Crippen molar-refractivity contribution in [2.45, 2.75) is 6.92 Å². The van der Waals surface area contributed by atoms with E-state index in [4.69, 9.17) is 4.74 Å². The van der Waals surface area contributed by atoms with Crippen molar-refractivity contribution < 1.29 is 4.74 Å². The van der Waals surface area contributed by atoms with Gasteiger partial charge in [-0.2, -0.15) is 5.26 Å². The molecule has 0 saturated carbocycles. The van der Waals surface area contributed by atoms with Crippen LogP contribution >= 0.6 is 0 Å². The Labute approximate surface area is 140 Å². The summed E-state index contributed by atoms with van der Waals surface area (Å²) in [4.78, 5) is 0. The molecule has 3 rings (SSSR count). The van der Waals surface area contributed by atoms with E-state index in [0.29, 0.717) is 18.1 Å². The highest BCUT2D eigenvalue weighted by molar-refractivity contribution is 5.71. The number of rotatable bonds is 5. The van der Waals surface area contributed by atoms with Gasteiger partial charge >= 0.3 is 0 Å². The van der Waals surface area contributed by atoms with Gasteiger partial charge in [0.1, 0.15) is 23.2 Å². The smallest absolute Gasteiger partial charge is 0.190 e. The quantitative estimate of drug-likeness (QED) is 0.720. The summed E-state index contributed by atoms with van der Waals surface area (Å²) >= 11 is 0. The zero-order chi connectivity index (χ0) is 16.8. The molecule has 0 spiro atoms. The summed E-state index contributed by atoms with van der Waals surface area (Å²) < 4.78 is 7.28. The lowest BCUT2D eigenvalue weighted by atomic mass is 10.2. The second-order valence-electron chi connectivity index (χ2n) is 4.99. The van der Waals surface area contributed by atoms with E-state index < -0.39 is 0 Å². The molecule has 5 nitrogen and oxygen atoms in total. The Balaban J connectivity index is 2.06.